The van der Waals surface area contributed by atoms with E-state index in [-0.39, 0.29) is 19.4 Å². The summed E-state index contributed by atoms with van der Waals surface area (Å²) in [7, 11) is -3.18. The monoisotopic (exact) mass is 280 g/mol. The minimum absolute atomic E-state index is 0.0620. The molecule has 1 unspecified atom stereocenters. The van der Waals surface area contributed by atoms with Crippen LogP contribution < -0.4 is 4.72 Å². The lowest BCUT2D eigenvalue weighted by atomic mass is 9.95. The number of hydrogen-bond acceptors (Lipinski definition) is 5. The second-order valence-electron chi connectivity index (χ2n) is 3.96. The first-order chi connectivity index (χ1) is 8.30. The second kappa shape index (κ2) is 5.11. The minimum atomic E-state index is -4.21. The molecule has 1 rings (SSSR count). The van der Waals surface area contributed by atoms with E-state index < -0.39 is 27.8 Å². The predicted octanol–water partition coefficient (Wildman–Crippen LogP) is -0.0836. The fraction of sp³-hybridized carbons (Fsp3) is 0.778. The van der Waals surface area contributed by atoms with Crippen LogP contribution in [0.4, 0.5) is 4.79 Å². The summed E-state index contributed by atoms with van der Waals surface area (Å²) in [6.07, 6.45) is -0.356. The van der Waals surface area contributed by atoms with E-state index >= 15 is 0 Å². The molecule has 1 aliphatic rings. The molecule has 1 fully saturated rings. The van der Waals surface area contributed by atoms with Crippen LogP contribution in [0.2, 0.25) is 0 Å². The van der Waals surface area contributed by atoms with Gasteiger partial charge < -0.3 is 9.84 Å². The molecule has 0 spiro atoms. The van der Waals surface area contributed by atoms with E-state index in [1.165, 1.54) is 0 Å². The summed E-state index contributed by atoms with van der Waals surface area (Å²) in [6.45, 7) is 1.66. The van der Waals surface area contributed by atoms with Crippen LogP contribution in [-0.4, -0.2) is 49.1 Å². The van der Waals surface area contributed by atoms with Gasteiger partial charge in [0.2, 0.25) is 0 Å². The van der Waals surface area contributed by atoms with Crippen LogP contribution in [0.5, 0.6) is 0 Å². The number of carbonyl (C=O) groups is 2. The maximum absolute atomic E-state index is 11.9. The number of carboxylic acid groups (broad SMARTS) is 1. The Hall–Kier alpha value is -1.35. The van der Waals surface area contributed by atoms with Gasteiger partial charge in [-0.15, -0.1) is 0 Å². The number of ether oxygens (including phenoxy) is 1. The van der Waals surface area contributed by atoms with Crippen LogP contribution >= 0.6 is 0 Å². The molecule has 0 aromatic carbocycles. The van der Waals surface area contributed by atoms with Gasteiger partial charge in [-0.2, -0.15) is 12.7 Å². The molecule has 0 aliphatic carbocycles. The predicted molar refractivity (Wildman–Crippen MR) is 61.1 cm³/mol. The lowest BCUT2D eigenvalue weighted by Crippen LogP contribution is -2.56. The minimum Gasteiger partial charge on any atom is -0.480 e. The van der Waals surface area contributed by atoms with Crippen LogP contribution in [0.15, 0.2) is 0 Å². The zero-order valence-corrected chi connectivity index (χ0v) is 11.0. The van der Waals surface area contributed by atoms with Gasteiger partial charge in [0.25, 0.3) is 0 Å². The lowest BCUT2D eigenvalue weighted by molar-refractivity contribution is -0.147. The average molecular weight is 280 g/mol. The van der Waals surface area contributed by atoms with Crippen molar-refractivity contribution in [1.82, 2.24) is 9.03 Å². The van der Waals surface area contributed by atoms with Crippen molar-refractivity contribution < 1.29 is 27.9 Å². The second-order valence-corrected chi connectivity index (χ2v) is 5.56. The highest BCUT2D eigenvalue weighted by molar-refractivity contribution is 7.87. The topological polar surface area (TPSA) is 113 Å². The van der Waals surface area contributed by atoms with Crippen molar-refractivity contribution in [2.24, 2.45) is 0 Å². The fourth-order valence-electron chi connectivity index (χ4n) is 2.12. The van der Waals surface area contributed by atoms with Crippen molar-refractivity contribution >= 4 is 22.3 Å². The van der Waals surface area contributed by atoms with E-state index in [1.54, 1.807) is 11.6 Å². The van der Waals surface area contributed by atoms with Crippen molar-refractivity contribution in [3.63, 3.8) is 0 Å². The van der Waals surface area contributed by atoms with Crippen molar-refractivity contribution in [2.45, 2.75) is 31.7 Å². The highest BCUT2D eigenvalue weighted by Crippen LogP contribution is 2.34. The first-order valence-electron chi connectivity index (χ1n) is 5.42. The standard InChI is InChI=1S/C9H16N2O6S/c1-3-9(7(12)13)5-4-6-11(9)18(15,16)10-8(14)17-2/h3-6H2,1-2H3,(H,10,14)(H,12,13). The number of methoxy groups -OCH3 is 1. The third-order valence-corrected chi connectivity index (χ3v) is 4.64. The summed E-state index contributed by atoms with van der Waals surface area (Å²) in [5, 5.41) is 9.24. The Bertz CT molecular complexity index is 448. The number of hydrogen-bond donors (Lipinski definition) is 2. The molecular weight excluding hydrogens is 264 g/mol. The molecule has 0 aromatic rings. The molecular formula is C9H16N2O6S. The molecule has 1 atom stereocenters. The lowest BCUT2D eigenvalue weighted by Gasteiger charge is -2.32. The quantitative estimate of drug-likeness (QED) is 0.744. The molecule has 8 nitrogen and oxygen atoms in total. The summed E-state index contributed by atoms with van der Waals surface area (Å²) in [5.41, 5.74) is -1.49. The molecule has 0 radical (unpaired) electrons. The normalized spacial score (nSPS) is 24.8. The van der Waals surface area contributed by atoms with E-state index in [2.05, 4.69) is 4.74 Å². The average Bonchev–Trinajstić information content (AvgIpc) is 2.73. The van der Waals surface area contributed by atoms with Crippen molar-refractivity contribution in [2.75, 3.05) is 13.7 Å². The Morgan fingerprint density at radius 3 is 2.56 bits per heavy atom. The van der Waals surface area contributed by atoms with E-state index in [1.807, 2.05) is 0 Å². The maximum atomic E-state index is 11.9. The van der Waals surface area contributed by atoms with E-state index in [0.717, 1.165) is 11.4 Å². The van der Waals surface area contributed by atoms with Gasteiger partial charge in [-0.3, -0.25) is 4.79 Å². The van der Waals surface area contributed by atoms with Crippen molar-refractivity contribution in [1.29, 1.82) is 0 Å². The molecule has 9 heteroatoms. The third-order valence-electron chi connectivity index (χ3n) is 3.10. The molecule has 1 heterocycles. The van der Waals surface area contributed by atoms with Gasteiger partial charge in [0.05, 0.1) is 7.11 Å². The highest BCUT2D eigenvalue weighted by Gasteiger charge is 2.52. The van der Waals surface area contributed by atoms with Crippen molar-refractivity contribution in [3.8, 4) is 0 Å². The number of aliphatic carboxylic acids is 1. The Balaban J connectivity index is 3.07. The summed E-state index contributed by atoms with van der Waals surface area (Å²) in [5.74, 6) is -1.21. The molecule has 104 valence electrons. The van der Waals surface area contributed by atoms with Gasteiger partial charge in [-0.05, 0) is 19.3 Å². The van der Waals surface area contributed by atoms with Gasteiger partial charge in [0.15, 0.2) is 0 Å². The van der Waals surface area contributed by atoms with Gasteiger partial charge in [-0.1, -0.05) is 6.92 Å². The zero-order chi connectivity index (χ0) is 14.0. The van der Waals surface area contributed by atoms with E-state index in [4.69, 9.17) is 0 Å². The highest BCUT2D eigenvalue weighted by atomic mass is 32.2. The van der Waals surface area contributed by atoms with Gasteiger partial charge in [-0.25, -0.2) is 9.52 Å². The third kappa shape index (κ3) is 2.41. The molecule has 1 saturated heterocycles. The summed E-state index contributed by atoms with van der Waals surface area (Å²) in [4.78, 5) is 22.3. The smallest absolute Gasteiger partial charge is 0.421 e. The van der Waals surface area contributed by atoms with Gasteiger partial charge in [0.1, 0.15) is 5.54 Å². The Morgan fingerprint density at radius 2 is 2.11 bits per heavy atom. The largest absolute Gasteiger partial charge is 0.480 e. The van der Waals surface area contributed by atoms with Crippen LogP contribution in [0.1, 0.15) is 26.2 Å². The molecule has 2 N–H and O–H groups in total. The first kappa shape index (κ1) is 14.7. The Kier molecular flexibility index (Phi) is 4.17. The van der Waals surface area contributed by atoms with Crippen LogP contribution in [0.25, 0.3) is 0 Å². The molecule has 1 amide bonds. The van der Waals surface area contributed by atoms with Crippen LogP contribution in [0, 0.1) is 0 Å². The number of carbonyl (C=O) groups excluding carboxylic acids is 1. The fourth-order valence-corrected chi connectivity index (χ4v) is 3.66. The summed E-state index contributed by atoms with van der Waals surface area (Å²) < 4.78 is 30.6. The number of carboxylic acids is 1. The SMILES string of the molecule is CCC1(C(=O)O)CCCN1S(=O)(=O)NC(=O)OC. The zero-order valence-electron chi connectivity index (χ0n) is 10.2. The number of rotatable bonds is 4. The Morgan fingerprint density at radius 1 is 1.50 bits per heavy atom. The summed E-state index contributed by atoms with van der Waals surface area (Å²) in [6, 6.07) is 0. The number of amides is 1. The van der Waals surface area contributed by atoms with Crippen LogP contribution in [-0.2, 0) is 19.7 Å². The van der Waals surface area contributed by atoms with E-state index in [0.29, 0.717) is 6.42 Å². The summed E-state index contributed by atoms with van der Waals surface area (Å²) >= 11 is 0. The number of nitrogens with zero attached hydrogens (tertiary/aromatic N) is 1. The van der Waals surface area contributed by atoms with Crippen LogP contribution in [0.3, 0.4) is 0 Å². The molecule has 0 bridgehead atoms. The Labute approximate surface area is 105 Å². The number of nitrogens with one attached hydrogen (secondary N) is 1. The van der Waals surface area contributed by atoms with Gasteiger partial charge in [0, 0.05) is 6.54 Å². The van der Waals surface area contributed by atoms with E-state index in [9.17, 15) is 23.1 Å². The van der Waals surface area contributed by atoms with Crippen molar-refractivity contribution in [3.05, 3.63) is 0 Å². The molecule has 0 aromatic heterocycles. The maximum Gasteiger partial charge on any atom is 0.421 e. The molecule has 18 heavy (non-hydrogen) atoms. The first-order valence-corrected chi connectivity index (χ1v) is 6.86. The molecule has 1 aliphatic heterocycles. The molecule has 0 saturated carbocycles. The van der Waals surface area contributed by atoms with Gasteiger partial charge >= 0.3 is 22.3 Å².